The molecule has 9 nitrogen and oxygen atoms in total. The van der Waals surface area contributed by atoms with E-state index in [-0.39, 0.29) is 51.8 Å². The van der Waals surface area contributed by atoms with E-state index in [1.807, 2.05) is 37.3 Å². The number of carbonyl (C=O) groups excluding carboxylic acids is 1. The van der Waals surface area contributed by atoms with Gasteiger partial charge < -0.3 is 24.4 Å². The molecule has 4 fully saturated rings. The van der Waals surface area contributed by atoms with Gasteiger partial charge in [0.15, 0.2) is 0 Å². The minimum atomic E-state index is -4.02. The number of fused-ring (bicyclic) bond motifs is 5. The summed E-state index contributed by atoms with van der Waals surface area (Å²) in [6, 6.07) is 22.7. The number of benzene rings is 3. The summed E-state index contributed by atoms with van der Waals surface area (Å²) in [5, 5.41) is 25.1. The minimum absolute atomic E-state index is 0.0631. The number of carbonyl (C=O) groups is 1. The Balaban J connectivity index is 1.14. The van der Waals surface area contributed by atoms with Crippen molar-refractivity contribution in [2.75, 3.05) is 18.9 Å². The fraction of sp³-hybridized carbons (Fsp3) is 0.513. The summed E-state index contributed by atoms with van der Waals surface area (Å²) in [7, 11) is -0.765. The largest absolute Gasteiger partial charge is 0.459 e. The Morgan fingerprint density at radius 1 is 0.939 bits per heavy atom. The molecule has 4 aliphatic rings. The SMILES string of the molecule is CC[C@@H]1C2CC([C@H](C)OC(=O)c3ccccc3NS(=O)(=O)c3ccc(-c4ccccc4)cc3)C1(C)C1CC3[C@@H](OC)C[C@]2(O)[C@]1(O)[C@H]3OC. The summed E-state index contributed by atoms with van der Waals surface area (Å²) in [5.74, 6) is -1.29. The highest BCUT2D eigenvalue weighted by Crippen LogP contribution is 2.75. The number of anilines is 1. The molecule has 49 heavy (non-hydrogen) atoms. The van der Waals surface area contributed by atoms with Crippen LogP contribution in [0.2, 0.25) is 0 Å². The smallest absolute Gasteiger partial charge is 0.340 e. The van der Waals surface area contributed by atoms with Crippen LogP contribution >= 0.6 is 0 Å². The molecule has 10 heteroatoms. The Kier molecular flexibility index (Phi) is 8.51. The van der Waals surface area contributed by atoms with Gasteiger partial charge in [0.05, 0.1) is 28.4 Å². The molecule has 7 rings (SSSR count). The van der Waals surface area contributed by atoms with E-state index in [9.17, 15) is 23.4 Å². The van der Waals surface area contributed by atoms with Crippen molar-refractivity contribution in [3.05, 3.63) is 84.4 Å². The number of hydrogen-bond acceptors (Lipinski definition) is 8. The number of ether oxygens (including phenoxy) is 3. The molecule has 5 unspecified atom stereocenters. The average molecular weight is 690 g/mol. The molecule has 4 aliphatic carbocycles. The molecule has 3 N–H and O–H groups in total. The van der Waals surface area contributed by atoms with Gasteiger partial charge in [0, 0.05) is 32.5 Å². The van der Waals surface area contributed by atoms with Crippen LogP contribution in [0.3, 0.4) is 0 Å². The first kappa shape index (κ1) is 34.2. The summed E-state index contributed by atoms with van der Waals surface area (Å²) in [6.07, 6.45) is 0.998. The van der Waals surface area contributed by atoms with Crippen molar-refractivity contribution in [2.45, 2.75) is 80.9 Å². The number of esters is 1. The third-order valence-electron chi connectivity index (χ3n) is 13.0. The molecule has 0 aromatic heterocycles. The molecule has 0 aliphatic heterocycles. The molecule has 0 radical (unpaired) electrons. The lowest BCUT2D eigenvalue weighted by atomic mass is 9.48. The van der Waals surface area contributed by atoms with Gasteiger partial charge >= 0.3 is 5.97 Å². The van der Waals surface area contributed by atoms with E-state index in [0.717, 1.165) is 17.5 Å². The standard InChI is InChI=1S/C39H47NO8S/c1-6-29-31-21-30(37(29,3)34-20-28-33(46-4)22-38(31,42)39(34,43)35(28)47-5)23(2)48-36(41)27-14-10-11-15-32(27)40-49(44,45)26-18-16-25(17-19-26)24-12-8-7-9-13-24/h7-19,23,28-31,33-35,40,42-43H,6,20-22H2,1-5H3/t23-,28?,29+,30?,31?,33-,34?,35-,37?,38+,39+/m0/s1. The zero-order valence-corrected chi connectivity index (χ0v) is 29.5. The summed E-state index contributed by atoms with van der Waals surface area (Å²) < 4.78 is 47.6. The molecule has 0 heterocycles. The number of sulfonamides is 1. The molecular formula is C39H47NO8S. The van der Waals surface area contributed by atoms with Gasteiger partial charge in [-0.1, -0.05) is 74.9 Å². The van der Waals surface area contributed by atoms with Crippen LogP contribution < -0.4 is 4.72 Å². The number of methoxy groups -OCH3 is 2. The van der Waals surface area contributed by atoms with Crippen molar-refractivity contribution in [3.8, 4) is 11.1 Å². The molecule has 3 aromatic rings. The molecule has 0 saturated heterocycles. The summed E-state index contributed by atoms with van der Waals surface area (Å²) in [4.78, 5) is 13.9. The molecule has 262 valence electrons. The first-order valence-corrected chi connectivity index (χ1v) is 18.8. The maximum absolute atomic E-state index is 13.9. The Bertz CT molecular complexity index is 1820. The van der Waals surface area contributed by atoms with Crippen molar-refractivity contribution in [2.24, 2.45) is 35.0 Å². The van der Waals surface area contributed by atoms with E-state index in [0.29, 0.717) is 19.3 Å². The van der Waals surface area contributed by atoms with Crippen LogP contribution in [0.5, 0.6) is 0 Å². The first-order valence-electron chi connectivity index (χ1n) is 17.3. The number of hydrogen-bond donors (Lipinski definition) is 3. The van der Waals surface area contributed by atoms with Gasteiger partial charge in [-0.05, 0) is 78.3 Å². The predicted molar refractivity (Wildman–Crippen MR) is 185 cm³/mol. The second-order valence-electron chi connectivity index (χ2n) is 14.8. The van der Waals surface area contributed by atoms with E-state index in [2.05, 4.69) is 18.6 Å². The lowest BCUT2D eigenvalue weighted by Crippen LogP contribution is -2.75. The summed E-state index contributed by atoms with van der Waals surface area (Å²) >= 11 is 0. The van der Waals surface area contributed by atoms with E-state index in [4.69, 9.17) is 14.2 Å². The van der Waals surface area contributed by atoms with Crippen molar-refractivity contribution in [1.82, 2.24) is 0 Å². The third kappa shape index (κ3) is 4.93. The summed E-state index contributed by atoms with van der Waals surface area (Å²) in [5.41, 5.74) is -1.22. The van der Waals surface area contributed by atoms with Gasteiger partial charge in [-0.25, -0.2) is 13.2 Å². The van der Waals surface area contributed by atoms with Gasteiger partial charge in [0.2, 0.25) is 0 Å². The molecule has 4 saturated carbocycles. The van der Waals surface area contributed by atoms with Crippen LogP contribution in [-0.4, -0.2) is 68.3 Å². The van der Waals surface area contributed by atoms with Crippen LogP contribution in [0.4, 0.5) is 5.69 Å². The quantitative estimate of drug-likeness (QED) is 0.224. The van der Waals surface area contributed by atoms with Gasteiger partial charge in [0.25, 0.3) is 10.0 Å². The van der Waals surface area contributed by atoms with E-state index in [1.54, 1.807) is 62.8 Å². The number of nitrogens with one attached hydrogen (secondary N) is 1. The van der Waals surface area contributed by atoms with Crippen LogP contribution in [0.15, 0.2) is 83.8 Å². The molecular weight excluding hydrogens is 642 g/mol. The lowest BCUT2D eigenvalue weighted by molar-refractivity contribution is -0.308. The van der Waals surface area contributed by atoms with Gasteiger partial charge in [-0.15, -0.1) is 0 Å². The third-order valence-corrected chi connectivity index (χ3v) is 14.4. The maximum Gasteiger partial charge on any atom is 0.340 e. The van der Waals surface area contributed by atoms with Crippen molar-refractivity contribution in [3.63, 3.8) is 0 Å². The van der Waals surface area contributed by atoms with E-state index < -0.39 is 44.8 Å². The van der Waals surface area contributed by atoms with Crippen LogP contribution in [0.1, 0.15) is 56.8 Å². The van der Waals surface area contributed by atoms with Crippen LogP contribution in [-0.2, 0) is 24.2 Å². The second-order valence-corrected chi connectivity index (χ2v) is 16.5. The molecule has 4 bridgehead atoms. The Labute approximate surface area is 289 Å². The van der Waals surface area contributed by atoms with Gasteiger partial charge in [0.1, 0.15) is 17.3 Å². The zero-order valence-electron chi connectivity index (χ0n) is 28.7. The number of rotatable bonds is 10. The monoisotopic (exact) mass is 689 g/mol. The molecule has 0 amide bonds. The Hall–Kier alpha value is -3.28. The predicted octanol–water partition coefficient (Wildman–Crippen LogP) is 5.91. The topological polar surface area (TPSA) is 131 Å². The van der Waals surface area contributed by atoms with Crippen LogP contribution in [0.25, 0.3) is 11.1 Å². The molecule has 11 atom stereocenters. The number of aliphatic hydroxyl groups is 2. The highest BCUT2D eigenvalue weighted by atomic mass is 32.2. The first-order chi connectivity index (χ1) is 23.3. The van der Waals surface area contributed by atoms with Crippen molar-refractivity contribution >= 4 is 21.7 Å². The highest BCUT2D eigenvalue weighted by molar-refractivity contribution is 7.92. The number of para-hydroxylation sites is 1. The highest BCUT2D eigenvalue weighted by Gasteiger charge is 2.82. The minimum Gasteiger partial charge on any atom is -0.459 e. The van der Waals surface area contributed by atoms with Gasteiger partial charge in [-0.2, -0.15) is 0 Å². The van der Waals surface area contributed by atoms with E-state index in [1.165, 1.54) is 0 Å². The Morgan fingerprint density at radius 2 is 1.59 bits per heavy atom. The molecule has 3 aromatic carbocycles. The fourth-order valence-corrected chi connectivity index (χ4v) is 12.1. The second kappa shape index (κ2) is 12.2. The maximum atomic E-state index is 13.9. The lowest BCUT2D eigenvalue weighted by Gasteiger charge is -2.62. The van der Waals surface area contributed by atoms with E-state index >= 15 is 0 Å². The average Bonchev–Trinajstić information content (AvgIpc) is 3.55. The van der Waals surface area contributed by atoms with Crippen LogP contribution in [0, 0.1) is 35.0 Å². The fourth-order valence-electron chi connectivity index (χ4n) is 11.0. The van der Waals surface area contributed by atoms with Crippen molar-refractivity contribution in [1.29, 1.82) is 0 Å². The zero-order chi connectivity index (χ0) is 34.9. The molecule has 0 spiro atoms. The summed E-state index contributed by atoms with van der Waals surface area (Å²) in [6.45, 7) is 6.20. The normalized spacial score (nSPS) is 36.7. The Morgan fingerprint density at radius 3 is 2.24 bits per heavy atom. The van der Waals surface area contributed by atoms with Gasteiger partial charge in [-0.3, -0.25) is 4.72 Å². The van der Waals surface area contributed by atoms with Crippen molar-refractivity contribution < 1.29 is 37.6 Å².